The number of benzene rings is 2. The number of allylic oxidation sites excluding steroid dienone is 1. The van der Waals surface area contributed by atoms with E-state index in [4.69, 9.17) is 9.47 Å². The number of carbonyl (C=O) groups excluding carboxylic acids is 1. The van der Waals surface area contributed by atoms with Crippen molar-refractivity contribution >= 4 is 28.6 Å². The van der Waals surface area contributed by atoms with E-state index in [1.54, 1.807) is 37.4 Å². The number of pyridine rings is 1. The first kappa shape index (κ1) is 32.8. The molecule has 1 N–H and O–H groups in total. The van der Waals surface area contributed by atoms with Crippen molar-refractivity contribution in [3.05, 3.63) is 106 Å². The number of rotatable bonds is 12. The minimum atomic E-state index is -1.06. The molecule has 0 spiro atoms. The number of hydrogen-bond donors (Lipinski definition) is 1. The van der Waals surface area contributed by atoms with Gasteiger partial charge in [-0.3, -0.25) is 14.2 Å². The molecule has 5 rings (SSSR count). The van der Waals surface area contributed by atoms with Crippen molar-refractivity contribution in [3.8, 4) is 22.6 Å². The van der Waals surface area contributed by atoms with Crippen LogP contribution in [0.25, 0.3) is 22.2 Å². The van der Waals surface area contributed by atoms with Gasteiger partial charge in [0.25, 0.3) is 5.56 Å². The molecule has 0 saturated heterocycles. The van der Waals surface area contributed by atoms with E-state index in [2.05, 4.69) is 25.3 Å². The number of carbonyl (C=O) groups is 1. The molecule has 0 aliphatic carbocycles. The molecule has 0 fully saturated rings. The molecule has 3 aromatic heterocycles. The number of ether oxygens (including phenoxy) is 2. The van der Waals surface area contributed by atoms with Crippen LogP contribution in [0.4, 0.5) is 20.5 Å². The molecular formula is C34H33F2N7O4. The highest BCUT2D eigenvalue weighted by molar-refractivity contribution is 5.91. The van der Waals surface area contributed by atoms with Crippen LogP contribution in [0.5, 0.6) is 11.5 Å². The van der Waals surface area contributed by atoms with E-state index in [0.717, 1.165) is 11.6 Å². The topological polar surface area (TPSA) is 124 Å². The van der Waals surface area contributed by atoms with Gasteiger partial charge < -0.3 is 19.7 Å². The molecule has 2 aromatic carbocycles. The molecule has 47 heavy (non-hydrogen) atoms. The summed E-state index contributed by atoms with van der Waals surface area (Å²) >= 11 is 0. The molecule has 242 valence electrons. The van der Waals surface area contributed by atoms with Crippen molar-refractivity contribution < 1.29 is 23.0 Å². The molecule has 13 heteroatoms. The summed E-state index contributed by atoms with van der Waals surface area (Å²) in [6.07, 6.45) is 7.84. The zero-order valence-electron chi connectivity index (χ0n) is 26.5. The normalized spacial score (nSPS) is 12.1. The lowest BCUT2D eigenvalue weighted by atomic mass is 10.00. The lowest BCUT2D eigenvalue weighted by Gasteiger charge is -2.21. The quantitative estimate of drug-likeness (QED) is 0.184. The average molecular weight is 642 g/mol. The number of nitrogens with zero attached hydrogens (tertiary/aromatic N) is 6. The fraction of sp³-hybridized carbons (Fsp3) is 0.235. The summed E-state index contributed by atoms with van der Waals surface area (Å²) in [4.78, 5) is 46.0. The van der Waals surface area contributed by atoms with Crippen LogP contribution in [0.15, 0.2) is 78.1 Å². The largest absolute Gasteiger partial charge is 0.494 e. The van der Waals surface area contributed by atoms with Gasteiger partial charge in [0.05, 0.1) is 31.4 Å². The smallest absolute Gasteiger partial charge is 0.260 e. The highest BCUT2D eigenvalue weighted by Gasteiger charge is 2.27. The fourth-order valence-electron chi connectivity index (χ4n) is 5.09. The third-order valence-electron chi connectivity index (χ3n) is 7.41. The van der Waals surface area contributed by atoms with Gasteiger partial charge in [-0.15, -0.1) is 0 Å². The van der Waals surface area contributed by atoms with Crippen LogP contribution >= 0.6 is 0 Å². The minimum absolute atomic E-state index is 0.0765. The molecule has 0 aliphatic rings. The van der Waals surface area contributed by atoms with E-state index >= 15 is 8.78 Å². The van der Waals surface area contributed by atoms with Crippen molar-refractivity contribution in [2.75, 3.05) is 40.2 Å². The van der Waals surface area contributed by atoms with E-state index in [1.807, 2.05) is 37.2 Å². The zero-order valence-corrected chi connectivity index (χ0v) is 26.5. The van der Waals surface area contributed by atoms with Crippen LogP contribution in [0.3, 0.4) is 0 Å². The van der Waals surface area contributed by atoms with Gasteiger partial charge in [0, 0.05) is 36.8 Å². The highest BCUT2D eigenvalue weighted by atomic mass is 19.1. The van der Waals surface area contributed by atoms with E-state index < -0.39 is 28.8 Å². The molecule has 3 heterocycles. The van der Waals surface area contributed by atoms with Crippen molar-refractivity contribution in [1.29, 1.82) is 0 Å². The van der Waals surface area contributed by atoms with E-state index in [0.29, 0.717) is 23.3 Å². The number of anilines is 2. The van der Waals surface area contributed by atoms with Crippen molar-refractivity contribution in [1.82, 2.24) is 29.4 Å². The van der Waals surface area contributed by atoms with Gasteiger partial charge in [-0.25, -0.2) is 23.7 Å². The lowest BCUT2D eigenvalue weighted by molar-refractivity contribution is -0.114. The molecule has 11 nitrogen and oxygen atoms in total. The van der Waals surface area contributed by atoms with Gasteiger partial charge in [0.1, 0.15) is 17.8 Å². The second-order valence-corrected chi connectivity index (χ2v) is 10.9. The maximum atomic E-state index is 15.7. The number of fused-ring (bicyclic) bond motifs is 1. The lowest BCUT2D eigenvalue weighted by Crippen LogP contribution is -2.27. The maximum absolute atomic E-state index is 15.7. The summed E-state index contributed by atoms with van der Waals surface area (Å²) in [6, 6.07) is 10.6. The van der Waals surface area contributed by atoms with Crippen molar-refractivity contribution in [2.45, 2.75) is 19.4 Å². The van der Waals surface area contributed by atoms with Crippen LogP contribution in [-0.2, 0) is 11.2 Å². The van der Waals surface area contributed by atoms with Crippen LogP contribution in [-0.4, -0.2) is 70.0 Å². The molecule has 1 atom stereocenters. The Kier molecular flexibility index (Phi) is 9.95. The number of ketones is 1. The predicted octanol–water partition coefficient (Wildman–Crippen LogP) is 5.13. The molecule has 0 aliphatic heterocycles. The van der Waals surface area contributed by atoms with Gasteiger partial charge in [0.15, 0.2) is 28.9 Å². The SMILES string of the molecule is COc1cc(OC)c(F)c(-c2cc3cnc(Nc4ccncn4)nc3n(C(C)c3cccc(CC(=O)/C=C/CN(C)C)c3)c2=O)c1F. The monoisotopic (exact) mass is 641 g/mol. The highest BCUT2D eigenvalue weighted by Crippen LogP contribution is 2.37. The third kappa shape index (κ3) is 7.15. The third-order valence-corrected chi connectivity index (χ3v) is 7.41. The number of halogens is 2. The van der Waals surface area contributed by atoms with Gasteiger partial charge in [0.2, 0.25) is 5.95 Å². The second-order valence-electron chi connectivity index (χ2n) is 10.9. The zero-order chi connectivity index (χ0) is 33.7. The molecular weight excluding hydrogens is 608 g/mol. The van der Waals surface area contributed by atoms with Gasteiger partial charge in [-0.05, 0) is 50.4 Å². The number of aromatic nitrogens is 5. The predicted molar refractivity (Wildman–Crippen MR) is 174 cm³/mol. The second kappa shape index (κ2) is 14.3. The Balaban J connectivity index is 1.68. The fourth-order valence-corrected chi connectivity index (χ4v) is 5.09. The molecule has 5 aromatic rings. The Morgan fingerprint density at radius 3 is 2.47 bits per heavy atom. The molecule has 0 bridgehead atoms. The first-order valence-corrected chi connectivity index (χ1v) is 14.6. The standard InChI is InChI=1S/C34H33F2N7O4/c1-20(22-9-6-8-21(14-22)15-24(44)10-7-13-42(2)3)43-32-23(18-38-34(41-32)40-28-11-12-37-19-39-28)16-25(33(43)45)29-30(35)26(46-4)17-27(47-5)31(29)36/h6-12,14,16-20H,13,15H2,1-5H3,(H,37,38,39,40,41)/b10-7+. The Labute approximate surface area is 269 Å². The summed E-state index contributed by atoms with van der Waals surface area (Å²) in [5.74, 6) is -2.24. The van der Waals surface area contributed by atoms with E-state index in [1.165, 1.54) is 37.4 Å². The van der Waals surface area contributed by atoms with Gasteiger partial charge in [-0.2, -0.15) is 4.98 Å². The Morgan fingerprint density at radius 2 is 1.81 bits per heavy atom. The van der Waals surface area contributed by atoms with Crippen LogP contribution in [0.1, 0.15) is 24.1 Å². The first-order valence-electron chi connectivity index (χ1n) is 14.6. The van der Waals surface area contributed by atoms with Gasteiger partial charge in [-0.1, -0.05) is 30.3 Å². The molecule has 0 radical (unpaired) electrons. The van der Waals surface area contributed by atoms with Gasteiger partial charge >= 0.3 is 0 Å². The van der Waals surface area contributed by atoms with Crippen molar-refractivity contribution in [2.24, 2.45) is 0 Å². The maximum Gasteiger partial charge on any atom is 0.260 e. The summed E-state index contributed by atoms with van der Waals surface area (Å²) in [7, 11) is 6.29. The van der Waals surface area contributed by atoms with Crippen LogP contribution in [0, 0.1) is 11.6 Å². The summed E-state index contributed by atoms with van der Waals surface area (Å²) in [5, 5.41) is 3.31. The van der Waals surface area contributed by atoms with Crippen LogP contribution in [0.2, 0.25) is 0 Å². The van der Waals surface area contributed by atoms with Crippen molar-refractivity contribution in [3.63, 3.8) is 0 Å². The number of methoxy groups -OCH3 is 2. The first-order chi connectivity index (χ1) is 22.6. The number of hydrogen-bond acceptors (Lipinski definition) is 10. The minimum Gasteiger partial charge on any atom is -0.494 e. The Hall–Kier alpha value is -5.56. The average Bonchev–Trinajstić information content (AvgIpc) is 3.05. The Bertz CT molecular complexity index is 1990. The number of nitrogens with one attached hydrogen (secondary N) is 1. The Morgan fingerprint density at radius 1 is 1.06 bits per heavy atom. The summed E-state index contributed by atoms with van der Waals surface area (Å²) in [6.45, 7) is 2.40. The molecule has 0 saturated carbocycles. The molecule has 1 unspecified atom stereocenters. The van der Waals surface area contributed by atoms with Crippen LogP contribution < -0.4 is 20.3 Å². The van der Waals surface area contributed by atoms with E-state index in [9.17, 15) is 9.59 Å². The summed E-state index contributed by atoms with van der Waals surface area (Å²) in [5.41, 5.74) is -0.0199. The molecule has 0 amide bonds. The van der Waals surface area contributed by atoms with E-state index in [-0.39, 0.29) is 40.9 Å². The summed E-state index contributed by atoms with van der Waals surface area (Å²) < 4.78 is 43.0. The number of likely N-dealkylation sites (N-methyl/N-ethyl adjacent to an activating group) is 1.